The fraction of sp³-hybridized carbons (Fsp3) is 1.00. The van der Waals surface area contributed by atoms with E-state index < -0.39 is 0 Å². The van der Waals surface area contributed by atoms with Crippen LogP contribution in [-0.2, 0) is 0 Å². The van der Waals surface area contributed by atoms with Crippen LogP contribution in [0.15, 0.2) is 0 Å². The highest BCUT2D eigenvalue weighted by Gasteiger charge is 2.36. The molecule has 2 nitrogen and oxygen atoms in total. The summed E-state index contributed by atoms with van der Waals surface area (Å²) in [5.74, 6) is 1.93. The predicted molar refractivity (Wildman–Crippen MR) is 64.8 cm³/mol. The zero-order chi connectivity index (χ0) is 10.9. The molecule has 15 heavy (non-hydrogen) atoms. The molecule has 2 aliphatic rings. The highest BCUT2D eigenvalue weighted by Crippen LogP contribution is 2.39. The van der Waals surface area contributed by atoms with Crippen molar-refractivity contribution in [2.45, 2.75) is 51.0 Å². The minimum atomic E-state index is 0.261. The van der Waals surface area contributed by atoms with Crippen LogP contribution in [0, 0.1) is 11.8 Å². The molecule has 0 spiro atoms. The smallest absolute Gasteiger partial charge is 0.0303 e. The van der Waals surface area contributed by atoms with Crippen LogP contribution in [0.5, 0.6) is 0 Å². The van der Waals surface area contributed by atoms with Gasteiger partial charge in [-0.05, 0) is 45.1 Å². The van der Waals surface area contributed by atoms with E-state index in [9.17, 15) is 0 Å². The summed E-state index contributed by atoms with van der Waals surface area (Å²) in [5.41, 5.74) is 6.24. The molecule has 0 aliphatic heterocycles. The number of hydrogen-bond acceptors (Lipinski definition) is 2. The molecule has 2 saturated carbocycles. The van der Waals surface area contributed by atoms with Crippen molar-refractivity contribution in [2.24, 2.45) is 17.6 Å². The van der Waals surface area contributed by atoms with Gasteiger partial charge in [0.25, 0.3) is 0 Å². The Kier molecular flexibility index (Phi) is 3.36. The maximum atomic E-state index is 5.98. The average molecular weight is 210 g/mol. The Morgan fingerprint density at radius 3 is 2.27 bits per heavy atom. The van der Waals surface area contributed by atoms with Crippen molar-refractivity contribution in [3.05, 3.63) is 0 Å². The highest BCUT2D eigenvalue weighted by atomic mass is 15.2. The van der Waals surface area contributed by atoms with E-state index in [1.807, 2.05) is 0 Å². The second-order valence-electron chi connectivity index (χ2n) is 6.03. The summed E-state index contributed by atoms with van der Waals surface area (Å²) in [6, 6.07) is 0. The fourth-order valence-corrected chi connectivity index (χ4v) is 2.62. The van der Waals surface area contributed by atoms with E-state index in [-0.39, 0.29) is 5.54 Å². The lowest BCUT2D eigenvalue weighted by molar-refractivity contribution is 0.0867. The third-order valence-electron chi connectivity index (χ3n) is 4.54. The summed E-state index contributed by atoms with van der Waals surface area (Å²) in [6.07, 6.45) is 8.51. The van der Waals surface area contributed by atoms with Gasteiger partial charge in [-0.3, -0.25) is 4.90 Å². The molecule has 2 fully saturated rings. The van der Waals surface area contributed by atoms with Crippen molar-refractivity contribution in [1.29, 1.82) is 0 Å². The van der Waals surface area contributed by atoms with Crippen molar-refractivity contribution in [3.8, 4) is 0 Å². The van der Waals surface area contributed by atoms with E-state index in [2.05, 4.69) is 18.9 Å². The summed E-state index contributed by atoms with van der Waals surface area (Å²) in [7, 11) is 2.27. The lowest BCUT2D eigenvalue weighted by Crippen LogP contribution is -2.52. The van der Waals surface area contributed by atoms with E-state index in [0.717, 1.165) is 18.4 Å². The van der Waals surface area contributed by atoms with Crippen molar-refractivity contribution >= 4 is 0 Å². The van der Waals surface area contributed by atoms with Crippen LogP contribution in [0.1, 0.15) is 45.4 Å². The van der Waals surface area contributed by atoms with Gasteiger partial charge < -0.3 is 5.73 Å². The van der Waals surface area contributed by atoms with Gasteiger partial charge >= 0.3 is 0 Å². The van der Waals surface area contributed by atoms with Gasteiger partial charge in [0.2, 0.25) is 0 Å². The molecule has 0 saturated heterocycles. The first kappa shape index (κ1) is 11.4. The molecule has 0 bridgehead atoms. The van der Waals surface area contributed by atoms with Crippen LogP contribution in [-0.4, -0.2) is 30.6 Å². The van der Waals surface area contributed by atoms with Gasteiger partial charge in [-0.15, -0.1) is 0 Å². The van der Waals surface area contributed by atoms with E-state index in [0.29, 0.717) is 0 Å². The van der Waals surface area contributed by atoms with Crippen molar-refractivity contribution in [1.82, 2.24) is 4.90 Å². The number of nitrogens with zero attached hydrogens (tertiary/aromatic N) is 1. The topological polar surface area (TPSA) is 29.3 Å². The molecule has 0 radical (unpaired) electrons. The third-order valence-corrected chi connectivity index (χ3v) is 4.54. The van der Waals surface area contributed by atoms with Crippen molar-refractivity contribution in [2.75, 3.05) is 20.1 Å². The number of nitrogens with two attached hydrogens (primary N) is 1. The van der Waals surface area contributed by atoms with Gasteiger partial charge in [0.1, 0.15) is 0 Å². The standard InChI is InChI=1S/C13H26N2/c1-13(10-14,8-11-6-7-11)15(2)9-12-4-3-5-12/h11-12H,3-10,14H2,1-2H3. The average Bonchev–Trinajstić information content (AvgIpc) is 2.94. The van der Waals surface area contributed by atoms with Crippen LogP contribution >= 0.6 is 0 Å². The first-order valence-corrected chi connectivity index (χ1v) is 6.55. The maximum Gasteiger partial charge on any atom is 0.0303 e. The van der Waals surface area contributed by atoms with E-state index in [1.165, 1.54) is 45.1 Å². The Morgan fingerprint density at radius 1 is 1.20 bits per heavy atom. The molecule has 2 rings (SSSR count). The van der Waals surface area contributed by atoms with Gasteiger partial charge in [-0.25, -0.2) is 0 Å². The van der Waals surface area contributed by atoms with Gasteiger partial charge in [0.15, 0.2) is 0 Å². The first-order chi connectivity index (χ1) is 7.14. The van der Waals surface area contributed by atoms with Crippen LogP contribution in [0.25, 0.3) is 0 Å². The molecule has 0 heterocycles. The van der Waals surface area contributed by atoms with Crippen molar-refractivity contribution < 1.29 is 0 Å². The molecule has 0 aromatic carbocycles. The van der Waals surface area contributed by atoms with Crippen LogP contribution in [0.4, 0.5) is 0 Å². The molecule has 0 amide bonds. The lowest BCUT2D eigenvalue weighted by Gasteiger charge is -2.42. The fourth-order valence-electron chi connectivity index (χ4n) is 2.62. The highest BCUT2D eigenvalue weighted by molar-refractivity contribution is 4.92. The molecule has 2 heteroatoms. The minimum Gasteiger partial charge on any atom is -0.329 e. The molecule has 0 aromatic rings. The Labute approximate surface area is 94.2 Å². The summed E-state index contributed by atoms with van der Waals surface area (Å²) in [6.45, 7) is 4.43. The Hall–Kier alpha value is -0.0800. The van der Waals surface area contributed by atoms with E-state index in [4.69, 9.17) is 5.73 Å². The normalized spacial score (nSPS) is 26.4. The van der Waals surface area contributed by atoms with Crippen molar-refractivity contribution in [3.63, 3.8) is 0 Å². The zero-order valence-electron chi connectivity index (χ0n) is 10.3. The molecule has 1 atom stereocenters. The monoisotopic (exact) mass is 210 g/mol. The van der Waals surface area contributed by atoms with Crippen LogP contribution in [0.2, 0.25) is 0 Å². The largest absolute Gasteiger partial charge is 0.329 e. The second-order valence-corrected chi connectivity index (χ2v) is 6.03. The van der Waals surface area contributed by atoms with E-state index in [1.54, 1.807) is 0 Å². The summed E-state index contributed by atoms with van der Waals surface area (Å²) in [4.78, 5) is 2.54. The van der Waals surface area contributed by atoms with Crippen LogP contribution in [0.3, 0.4) is 0 Å². The van der Waals surface area contributed by atoms with Gasteiger partial charge in [-0.1, -0.05) is 19.3 Å². The zero-order valence-corrected chi connectivity index (χ0v) is 10.3. The van der Waals surface area contributed by atoms with Gasteiger partial charge in [0, 0.05) is 18.6 Å². The number of likely N-dealkylation sites (N-methyl/N-ethyl adjacent to an activating group) is 1. The maximum absolute atomic E-state index is 5.98. The number of hydrogen-bond donors (Lipinski definition) is 1. The Morgan fingerprint density at radius 2 is 1.87 bits per heavy atom. The van der Waals surface area contributed by atoms with Gasteiger partial charge in [0.05, 0.1) is 0 Å². The summed E-state index contributed by atoms with van der Waals surface area (Å²) >= 11 is 0. The summed E-state index contributed by atoms with van der Waals surface area (Å²) in [5, 5.41) is 0. The third kappa shape index (κ3) is 2.73. The minimum absolute atomic E-state index is 0.261. The first-order valence-electron chi connectivity index (χ1n) is 6.55. The lowest BCUT2D eigenvalue weighted by atomic mass is 9.83. The SMILES string of the molecule is CN(CC1CCC1)C(C)(CN)CC1CC1. The summed E-state index contributed by atoms with van der Waals surface area (Å²) < 4.78 is 0. The number of rotatable bonds is 6. The Balaban J connectivity index is 1.84. The molecule has 0 aromatic heterocycles. The molecule has 2 aliphatic carbocycles. The molecular formula is C13H26N2. The molecular weight excluding hydrogens is 184 g/mol. The van der Waals surface area contributed by atoms with Crippen LogP contribution < -0.4 is 5.73 Å². The molecule has 1 unspecified atom stereocenters. The van der Waals surface area contributed by atoms with E-state index >= 15 is 0 Å². The predicted octanol–water partition coefficient (Wildman–Crippen LogP) is 2.24. The molecule has 2 N–H and O–H groups in total. The quantitative estimate of drug-likeness (QED) is 0.728. The Bertz CT molecular complexity index is 209. The molecule has 88 valence electrons. The van der Waals surface area contributed by atoms with Gasteiger partial charge in [-0.2, -0.15) is 0 Å². The second kappa shape index (κ2) is 4.42.